The SMILES string of the molecule is CC(C)c1ncc(C2CC2)c2c(N3CCNCC3)nc(-c3ccnc4[nH]c(C(C)(C)C)cc34)nc12. The lowest BCUT2D eigenvalue weighted by atomic mass is 9.92. The molecule has 0 aromatic carbocycles. The van der Waals surface area contributed by atoms with Crippen LogP contribution < -0.4 is 10.2 Å². The maximum absolute atomic E-state index is 5.31. The molecule has 7 nitrogen and oxygen atoms in total. The molecule has 6 rings (SSSR count). The molecule has 1 aliphatic heterocycles. The van der Waals surface area contributed by atoms with E-state index < -0.39 is 0 Å². The average molecular weight is 470 g/mol. The van der Waals surface area contributed by atoms with E-state index in [4.69, 9.17) is 15.0 Å². The lowest BCUT2D eigenvalue weighted by Gasteiger charge is -2.30. The summed E-state index contributed by atoms with van der Waals surface area (Å²) in [7, 11) is 0. The Kier molecular flexibility index (Phi) is 5.29. The maximum Gasteiger partial charge on any atom is 0.163 e. The van der Waals surface area contributed by atoms with E-state index in [-0.39, 0.29) is 11.3 Å². The summed E-state index contributed by atoms with van der Waals surface area (Å²) < 4.78 is 0. The second kappa shape index (κ2) is 8.26. The number of aromatic amines is 1. The first-order valence-corrected chi connectivity index (χ1v) is 13.0. The van der Waals surface area contributed by atoms with Crippen molar-refractivity contribution >= 4 is 27.8 Å². The summed E-state index contributed by atoms with van der Waals surface area (Å²) in [6.45, 7) is 14.9. The van der Waals surface area contributed by atoms with E-state index in [1.807, 2.05) is 6.20 Å². The summed E-state index contributed by atoms with van der Waals surface area (Å²) in [5.74, 6) is 2.68. The average Bonchev–Trinajstić information content (AvgIpc) is 3.59. The van der Waals surface area contributed by atoms with Crippen LogP contribution in [0.5, 0.6) is 0 Å². The maximum atomic E-state index is 5.31. The van der Waals surface area contributed by atoms with Crippen molar-refractivity contribution in [2.24, 2.45) is 0 Å². The van der Waals surface area contributed by atoms with E-state index in [0.717, 1.165) is 71.3 Å². The molecule has 1 aliphatic carbocycles. The monoisotopic (exact) mass is 469 g/mol. The Bertz CT molecular complexity index is 1400. The Hall–Kier alpha value is -3.06. The molecule has 0 spiro atoms. The second-order valence-corrected chi connectivity index (χ2v) is 11.4. The molecule has 0 unspecified atom stereocenters. The lowest BCUT2D eigenvalue weighted by Crippen LogP contribution is -2.44. The molecule has 7 heteroatoms. The van der Waals surface area contributed by atoms with Gasteiger partial charge in [-0.3, -0.25) is 4.98 Å². The molecule has 2 fully saturated rings. The highest BCUT2D eigenvalue weighted by Crippen LogP contribution is 2.46. The molecule has 0 amide bonds. The zero-order valence-electron chi connectivity index (χ0n) is 21.4. The smallest absolute Gasteiger partial charge is 0.163 e. The van der Waals surface area contributed by atoms with Crippen LogP contribution in [0.15, 0.2) is 24.5 Å². The molecule has 2 aliphatic rings. The van der Waals surface area contributed by atoms with E-state index in [2.05, 4.69) is 73.1 Å². The molecule has 182 valence electrons. The quantitative estimate of drug-likeness (QED) is 0.423. The number of nitrogens with one attached hydrogen (secondary N) is 2. The van der Waals surface area contributed by atoms with Gasteiger partial charge in [-0.1, -0.05) is 34.6 Å². The van der Waals surface area contributed by atoms with Crippen LogP contribution in [-0.2, 0) is 5.41 Å². The summed E-state index contributed by atoms with van der Waals surface area (Å²) >= 11 is 0. The van der Waals surface area contributed by atoms with Gasteiger partial charge in [0.1, 0.15) is 11.5 Å². The number of fused-ring (bicyclic) bond motifs is 2. The van der Waals surface area contributed by atoms with Crippen LogP contribution in [0.4, 0.5) is 5.82 Å². The fourth-order valence-corrected chi connectivity index (χ4v) is 5.14. The van der Waals surface area contributed by atoms with Crippen molar-refractivity contribution < 1.29 is 0 Å². The van der Waals surface area contributed by atoms with Crippen molar-refractivity contribution in [3.8, 4) is 11.4 Å². The van der Waals surface area contributed by atoms with E-state index in [1.54, 1.807) is 0 Å². The third-order valence-electron chi connectivity index (χ3n) is 7.33. The van der Waals surface area contributed by atoms with Gasteiger partial charge in [0.25, 0.3) is 0 Å². The van der Waals surface area contributed by atoms with Crippen molar-refractivity contribution in [2.45, 2.75) is 64.7 Å². The Morgan fingerprint density at radius 3 is 2.51 bits per heavy atom. The molecule has 4 aromatic rings. The van der Waals surface area contributed by atoms with Gasteiger partial charge in [-0.05, 0) is 42.4 Å². The van der Waals surface area contributed by atoms with E-state index in [9.17, 15) is 0 Å². The van der Waals surface area contributed by atoms with Crippen LogP contribution in [0.2, 0.25) is 0 Å². The largest absolute Gasteiger partial charge is 0.353 e. The van der Waals surface area contributed by atoms with Gasteiger partial charge in [-0.15, -0.1) is 0 Å². The van der Waals surface area contributed by atoms with Crippen molar-refractivity contribution in [1.29, 1.82) is 0 Å². The van der Waals surface area contributed by atoms with Gasteiger partial charge in [0.2, 0.25) is 0 Å². The molecule has 0 bridgehead atoms. The van der Waals surface area contributed by atoms with Crippen molar-refractivity contribution in [2.75, 3.05) is 31.1 Å². The minimum Gasteiger partial charge on any atom is -0.353 e. The van der Waals surface area contributed by atoms with Gasteiger partial charge in [-0.25, -0.2) is 15.0 Å². The molecule has 5 heterocycles. The molecule has 0 atom stereocenters. The normalized spacial score (nSPS) is 17.1. The van der Waals surface area contributed by atoms with Crippen LogP contribution in [0.3, 0.4) is 0 Å². The third-order valence-corrected chi connectivity index (χ3v) is 7.33. The number of nitrogens with zero attached hydrogens (tertiary/aromatic N) is 5. The summed E-state index contributed by atoms with van der Waals surface area (Å²) in [4.78, 5) is 26.1. The zero-order chi connectivity index (χ0) is 24.3. The summed E-state index contributed by atoms with van der Waals surface area (Å²) in [5, 5.41) is 5.77. The molecular formula is C28H35N7. The molecule has 1 saturated carbocycles. The number of H-pyrrole nitrogens is 1. The highest BCUT2D eigenvalue weighted by Gasteiger charge is 2.31. The Labute approximate surface area is 206 Å². The number of anilines is 1. The number of pyridine rings is 2. The Morgan fingerprint density at radius 2 is 1.83 bits per heavy atom. The first kappa shape index (κ1) is 22.4. The van der Waals surface area contributed by atoms with Crippen molar-refractivity contribution in [1.82, 2.24) is 30.2 Å². The number of rotatable bonds is 4. The van der Waals surface area contributed by atoms with Crippen molar-refractivity contribution in [3.05, 3.63) is 41.5 Å². The molecule has 35 heavy (non-hydrogen) atoms. The van der Waals surface area contributed by atoms with Crippen LogP contribution >= 0.6 is 0 Å². The number of piperazine rings is 1. The van der Waals surface area contributed by atoms with Gasteiger partial charge in [-0.2, -0.15) is 0 Å². The molecule has 0 radical (unpaired) electrons. The predicted octanol–water partition coefficient (Wildman–Crippen LogP) is 5.28. The molecule has 2 N–H and O–H groups in total. The molecule has 4 aromatic heterocycles. The van der Waals surface area contributed by atoms with Gasteiger partial charge < -0.3 is 15.2 Å². The third kappa shape index (κ3) is 3.96. The summed E-state index contributed by atoms with van der Waals surface area (Å²) in [6, 6.07) is 4.27. The second-order valence-electron chi connectivity index (χ2n) is 11.4. The van der Waals surface area contributed by atoms with E-state index in [0.29, 0.717) is 5.92 Å². The predicted molar refractivity (Wildman–Crippen MR) is 142 cm³/mol. The topological polar surface area (TPSA) is 82.6 Å². The Balaban J connectivity index is 1.64. The van der Waals surface area contributed by atoms with Crippen LogP contribution in [0.1, 0.15) is 76.2 Å². The van der Waals surface area contributed by atoms with E-state index >= 15 is 0 Å². The summed E-state index contributed by atoms with van der Waals surface area (Å²) in [6.07, 6.45) is 6.42. The van der Waals surface area contributed by atoms with Gasteiger partial charge in [0, 0.05) is 66.0 Å². The zero-order valence-corrected chi connectivity index (χ0v) is 21.4. The van der Waals surface area contributed by atoms with Crippen LogP contribution in [-0.4, -0.2) is 51.1 Å². The highest BCUT2D eigenvalue weighted by molar-refractivity contribution is 5.98. The molecule has 1 saturated heterocycles. The van der Waals surface area contributed by atoms with Gasteiger partial charge >= 0.3 is 0 Å². The lowest BCUT2D eigenvalue weighted by molar-refractivity contribution is 0.574. The van der Waals surface area contributed by atoms with Gasteiger partial charge in [0.15, 0.2) is 5.82 Å². The Morgan fingerprint density at radius 1 is 1.06 bits per heavy atom. The standard InChI is InChI=1S/C28H35N7/c1-16(2)23-24-22(20(15-31-23)17-6-7-17)27(35-12-10-29-11-13-35)34-26(33-24)18-8-9-30-25-19(18)14-21(32-25)28(3,4)5/h8-9,14-17,29H,6-7,10-13H2,1-5H3,(H,30,32). The highest BCUT2D eigenvalue weighted by atomic mass is 15.2. The van der Waals surface area contributed by atoms with Gasteiger partial charge in [0.05, 0.1) is 11.2 Å². The number of aromatic nitrogens is 5. The molecular weight excluding hydrogens is 434 g/mol. The first-order valence-electron chi connectivity index (χ1n) is 13.0. The fourth-order valence-electron chi connectivity index (χ4n) is 5.14. The van der Waals surface area contributed by atoms with E-state index in [1.165, 1.54) is 23.8 Å². The minimum absolute atomic E-state index is 0.00205. The first-order chi connectivity index (χ1) is 16.8. The summed E-state index contributed by atoms with van der Waals surface area (Å²) in [5.41, 5.74) is 6.46. The number of hydrogen-bond donors (Lipinski definition) is 2. The minimum atomic E-state index is 0.00205. The van der Waals surface area contributed by atoms with Crippen molar-refractivity contribution in [3.63, 3.8) is 0 Å². The fraction of sp³-hybridized carbons (Fsp3) is 0.500. The van der Waals surface area contributed by atoms with Crippen LogP contribution in [0.25, 0.3) is 33.3 Å². The van der Waals surface area contributed by atoms with Crippen LogP contribution in [0, 0.1) is 0 Å². The number of hydrogen-bond acceptors (Lipinski definition) is 6.